The molecule has 3 rings (SSSR count). The molecule has 0 spiro atoms. The van der Waals surface area contributed by atoms with Crippen LogP contribution in [0.1, 0.15) is 53.2 Å². The molecule has 1 aliphatic rings. The Balaban J connectivity index is 1.67. The molecule has 2 aromatic rings. The van der Waals surface area contributed by atoms with Gasteiger partial charge in [0.25, 0.3) is 5.91 Å². The van der Waals surface area contributed by atoms with Crippen LogP contribution < -0.4 is 0 Å². The molecule has 1 atom stereocenters. The molecule has 1 aromatic heterocycles. The van der Waals surface area contributed by atoms with E-state index >= 15 is 0 Å². The number of carbonyl (C=O) groups is 2. The molecule has 0 bridgehead atoms. The number of hydrogen-bond donors (Lipinski definition) is 1. The van der Waals surface area contributed by atoms with Crippen LogP contribution in [0, 0.1) is 5.82 Å². The monoisotopic (exact) mass is 376 g/mol. The maximum absolute atomic E-state index is 13.0. The van der Waals surface area contributed by atoms with Crippen molar-refractivity contribution in [1.29, 1.82) is 0 Å². The second-order valence-corrected chi connectivity index (χ2v) is 7.45. The van der Waals surface area contributed by atoms with Crippen molar-refractivity contribution in [2.24, 2.45) is 0 Å². The van der Waals surface area contributed by atoms with E-state index in [1.807, 2.05) is 0 Å². The molecule has 1 fully saturated rings. The average Bonchev–Trinajstić information content (AvgIpc) is 3.10. The molecule has 0 aliphatic carbocycles. The first-order chi connectivity index (χ1) is 12.5. The summed E-state index contributed by atoms with van der Waals surface area (Å²) in [6.45, 7) is 0.647. The Morgan fingerprint density at radius 2 is 2.04 bits per heavy atom. The predicted molar refractivity (Wildman–Crippen MR) is 96.9 cm³/mol. The summed E-state index contributed by atoms with van der Waals surface area (Å²) in [5.41, 5.74) is 1.35. The molecule has 7 heteroatoms. The molecule has 5 nitrogen and oxygen atoms in total. The Labute approximate surface area is 155 Å². The van der Waals surface area contributed by atoms with E-state index in [0.717, 1.165) is 29.8 Å². The van der Waals surface area contributed by atoms with E-state index < -0.39 is 5.97 Å². The summed E-state index contributed by atoms with van der Waals surface area (Å²) in [7, 11) is 0. The van der Waals surface area contributed by atoms with Gasteiger partial charge in [0.05, 0.1) is 5.01 Å². The highest BCUT2D eigenvalue weighted by atomic mass is 32.1. The number of rotatable bonds is 6. The van der Waals surface area contributed by atoms with Gasteiger partial charge in [0.15, 0.2) is 0 Å². The van der Waals surface area contributed by atoms with Gasteiger partial charge in [-0.15, -0.1) is 11.3 Å². The SMILES string of the molecule is O=C(O)CCC1CCCCN1C(=O)c1csc(Cc2ccc(F)cc2)n1. The van der Waals surface area contributed by atoms with Gasteiger partial charge in [0.1, 0.15) is 11.5 Å². The first-order valence-electron chi connectivity index (χ1n) is 8.74. The van der Waals surface area contributed by atoms with Crippen molar-refractivity contribution >= 4 is 23.2 Å². The zero-order valence-corrected chi connectivity index (χ0v) is 15.2. The first-order valence-corrected chi connectivity index (χ1v) is 9.62. The lowest BCUT2D eigenvalue weighted by molar-refractivity contribution is -0.137. The molecule has 1 aromatic carbocycles. The number of halogens is 1. The number of aliphatic carboxylic acids is 1. The third-order valence-electron chi connectivity index (χ3n) is 4.62. The lowest BCUT2D eigenvalue weighted by atomic mass is 9.97. The topological polar surface area (TPSA) is 70.5 Å². The lowest BCUT2D eigenvalue weighted by Gasteiger charge is -2.35. The molecule has 1 unspecified atom stereocenters. The lowest BCUT2D eigenvalue weighted by Crippen LogP contribution is -2.44. The predicted octanol–water partition coefficient (Wildman–Crippen LogP) is 3.73. The van der Waals surface area contributed by atoms with Crippen LogP contribution in [-0.2, 0) is 11.2 Å². The third-order valence-corrected chi connectivity index (χ3v) is 5.47. The fraction of sp³-hybridized carbons (Fsp3) is 0.421. The van der Waals surface area contributed by atoms with Crippen LogP contribution in [0.5, 0.6) is 0 Å². The first kappa shape index (κ1) is 18.5. The number of nitrogens with zero attached hydrogens (tertiary/aromatic N) is 2. The molecule has 0 saturated carbocycles. The van der Waals surface area contributed by atoms with Crippen molar-refractivity contribution in [2.45, 2.75) is 44.6 Å². The number of hydrogen-bond acceptors (Lipinski definition) is 4. The average molecular weight is 376 g/mol. The summed E-state index contributed by atoms with van der Waals surface area (Å²) in [6, 6.07) is 6.22. The Kier molecular flexibility index (Phi) is 5.98. The van der Waals surface area contributed by atoms with Gasteiger partial charge in [-0.2, -0.15) is 0 Å². The Bertz CT molecular complexity index is 775. The molecular formula is C19H21FN2O3S. The van der Waals surface area contributed by atoms with E-state index in [4.69, 9.17) is 5.11 Å². The van der Waals surface area contributed by atoms with Crippen molar-refractivity contribution in [3.63, 3.8) is 0 Å². The Morgan fingerprint density at radius 1 is 1.27 bits per heavy atom. The fourth-order valence-corrected chi connectivity index (χ4v) is 4.07. The summed E-state index contributed by atoms with van der Waals surface area (Å²) in [5, 5.41) is 11.5. The highest BCUT2D eigenvalue weighted by Crippen LogP contribution is 2.24. The van der Waals surface area contributed by atoms with Crippen LogP contribution in [0.3, 0.4) is 0 Å². The van der Waals surface area contributed by atoms with Crippen LogP contribution in [-0.4, -0.2) is 39.5 Å². The summed E-state index contributed by atoms with van der Waals surface area (Å²) in [5.74, 6) is -1.24. The smallest absolute Gasteiger partial charge is 0.303 e. The van der Waals surface area contributed by atoms with Gasteiger partial charge in [-0.1, -0.05) is 12.1 Å². The minimum absolute atomic E-state index is 0.0328. The van der Waals surface area contributed by atoms with Gasteiger partial charge in [-0.05, 0) is 43.4 Å². The zero-order chi connectivity index (χ0) is 18.5. The second kappa shape index (κ2) is 8.40. The maximum Gasteiger partial charge on any atom is 0.303 e. The quantitative estimate of drug-likeness (QED) is 0.834. The summed E-state index contributed by atoms with van der Waals surface area (Å²) < 4.78 is 13.0. The molecule has 1 aliphatic heterocycles. The third kappa shape index (κ3) is 4.66. The van der Waals surface area contributed by atoms with Crippen LogP contribution in [0.25, 0.3) is 0 Å². The van der Waals surface area contributed by atoms with E-state index in [2.05, 4.69) is 4.98 Å². The number of amides is 1. The molecule has 2 heterocycles. The number of carbonyl (C=O) groups excluding carboxylic acids is 1. The summed E-state index contributed by atoms with van der Waals surface area (Å²) in [4.78, 5) is 29.9. The second-order valence-electron chi connectivity index (χ2n) is 6.51. The van der Waals surface area contributed by atoms with E-state index in [-0.39, 0.29) is 24.2 Å². The molecule has 0 radical (unpaired) electrons. The molecule has 1 saturated heterocycles. The minimum atomic E-state index is -0.835. The molecule has 138 valence electrons. The van der Waals surface area contributed by atoms with E-state index in [1.54, 1.807) is 22.4 Å². The van der Waals surface area contributed by atoms with Crippen LogP contribution in [0.15, 0.2) is 29.6 Å². The molecule has 1 N–H and O–H groups in total. The van der Waals surface area contributed by atoms with E-state index in [1.165, 1.54) is 23.5 Å². The number of piperidine rings is 1. The van der Waals surface area contributed by atoms with E-state index in [9.17, 15) is 14.0 Å². The standard InChI is InChI=1S/C19H21FN2O3S/c20-14-6-4-13(5-7-14)11-17-21-16(12-26-17)19(25)22-10-2-1-3-15(22)8-9-18(23)24/h4-7,12,15H,1-3,8-11H2,(H,23,24). The number of benzene rings is 1. The van der Waals surface area contributed by atoms with Crippen molar-refractivity contribution in [3.8, 4) is 0 Å². The number of likely N-dealkylation sites (tertiary alicyclic amines) is 1. The molecule has 26 heavy (non-hydrogen) atoms. The van der Waals surface area contributed by atoms with Gasteiger partial charge in [0, 0.05) is 30.8 Å². The highest BCUT2D eigenvalue weighted by Gasteiger charge is 2.29. The van der Waals surface area contributed by atoms with Crippen molar-refractivity contribution < 1.29 is 19.1 Å². The molecule has 1 amide bonds. The van der Waals surface area contributed by atoms with Gasteiger partial charge < -0.3 is 10.0 Å². The van der Waals surface area contributed by atoms with Crippen molar-refractivity contribution in [2.75, 3.05) is 6.54 Å². The normalized spacial score (nSPS) is 17.3. The summed E-state index contributed by atoms with van der Waals surface area (Å²) in [6.07, 6.45) is 3.89. The maximum atomic E-state index is 13.0. The number of aromatic nitrogens is 1. The highest BCUT2D eigenvalue weighted by molar-refractivity contribution is 7.09. The van der Waals surface area contributed by atoms with Gasteiger partial charge in [0.2, 0.25) is 0 Å². The summed E-state index contributed by atoms with van der Waals surface area (Å²) >= 11 is 1.41. The number of carboxylic acids is 1. The number of thiazole rings is 1. The van der Waals surface area contributed by atoms with Crippen molar-refractivity contribution in [3.05, 3.63) is 51.7 Å². The van der Waals surface area contributed by atoms with E-state index in [0.29, 0.717) is 25.1 Å². The fourth-order valence-electron chi connectivity index (χ4n) is 3.27. The number of carboxylic acid groups (broad SMARTS) is 1. The van der Waals surface area contributed by atoms with Gasteiger partial charge >= 0.3 is 5.97 Å². The Hall–Kier alpha value is -2.28. The minimum Gasteiger partial charge on any atom is -0.481 e. The Morgan fingerprint density at radius 3 is 2.77 bits per heavy atom. The molecular weight excluding hydrogens is 355 g/mol. The van der Waals surface area contributed by atoms with Crippen LogP contribution in [0.2, 0.25) is 0 Å². The van der Waals surface area contributed by atoms with Crippen LogP contribution >= 0.6 is 11.3 Å². The zero-order valence-electron chi connectivity index (χ0n) is 14.4. The van der Waals surface area contributed by atoms with Gasteiger partial charge in [-0.3, -0.25) is 9.59 Å². The largest absolute Gasteiger partial charge is 0.481 e. The van der Waals surface area contributed by atoms with Gasteiger partial charge in [-0.25, -0.2) is 9.37 Å². The van der Waals surface area contributed by atoms with Crippen LogP contribution in [0.4, 0.5) is 4.39 Å². The van der Waals surface area contributed by atoms with Crippen molar-refractivity contribution in [1.82, 2.24) is 9.88 Å².